The number of benzene rings is 2. The largest absolute Gasteiger partial charge is 0.377 e. The Morgan fingerprint density at radius 2 is 1.97 bits per heavy atom. The number of para-hydroxylation sites is 2. The van der Waals surface area contributed by atoms with Crippen LogP contribution in [0.2, 0.25) is 0 Å². The molecule has 9 heteroatoms. The molecule has 8 nitrogen and oxygen atoms in total. The summed E-state index contributed by atoms with van der Waals surface area (Å²) in [7, 11) is -3.63. The van der Waals surface area contributed by atoms with Crippen LogP contribution in [0.1, 0.15) is 29.0 Å². The molecule has 2 N–H and O–H groups in total. The molecule has 1 fully saturated rings. The first-order valence-corrected chi connectivity index (χ1v) is 11.8. The highest BCUT2D eigenvalue weighted by atomic mass is 32.2. The summed E-state index contributed by atoms with van der Waals surface area (Å²) in [6, 6.07) is 13.8. The van der Waals surface area contributed by atoms with E-state index in [0.29, 0.717) is 25.3 Å². The van der Waals surface area contributed by atoms with E-state index in [4.69, 9.17) is 4.74 Å². The highest BCUT2D eigenvalue weighted by molar-refractivity contribution is 7.89. The Hall–Kier alpha value is -2.75. The minimum Gasteiger partial charge on any atom is -0.377 e. The van der Waals surface area contributed by atoms with Crippen LogP contribution in [0.4, 0.5) is 0 Å². The number of aryl methyl sites for hydroxylation is 1. The number of sulfonamides is 1. The Morgan fingerprint density at radius 3 is 2.71 bits per heavy atom. The van der Waals surface area contributed by atoms with Crippen molar-refractivity contribution in [1.82, 2.24) is 19.6 Å². The van der Waals surface area contributed by atoms with Gasteiger partial charge in [-0.1, -0.05) is 12.1 Å². The lowest BCUT2D eigenvalue weighted by atomic mass is 10.2. The van der Waals surface area contributed by atoms with Gasteiger partial charge in [0, 0.05) is 31.8 Å². The van der Waals surface area contributed by atoms with Gasteiger partial charge in [-0.2, -0.15) is 0 Å². The molecule has 4 rings (SSSR count). The summed E-state index contributed by atoms with van der Waals surface area (Å²) in [6.07, 6.45) is 1.74. The molecule has 0 radical (unpaired) electrons. The summed E-state index contributed by atoms with van der Waals surface area (Å²) in [5, 5.41) is 2.88. The van der Waals surface area contributed by atoms with Crippen LogP contribution in [-0.4, -0.2) is 49.7 Å². The predicted molar refractivity (Wildman–Crippen MR) is 117 cm³/mol. The molecule has 0 bridgehead atoms. The molecule has 1 amide bonds. The SMILES string of the molecule is Cc1nc2ccccc2n1CCNC(=O)c1ccc(S(=O)(=O)NC[C@H]2CCCO2)cc1. The molecule has 1 atom stereocenters. The third-order valence-corrected chi connectivity index (χ3v) is 6.86. The average Bonchev–Trinajstić information content (AvgIpc) is 3.40. The van der Waals surface area contributed by atoms with Crippen molar-refractivity contribution >= 4 is 27.0 Å². The standard InChI is InChI=1S/C22H26N4O4S/c1-16-25-20-6-2-3-7-21(20)26(16)13-12-23-22(27)17-8-10-19(11-9-17)31(28,29)24-15-18-5-4-14-30-18/h2-3,6-11,18,24H,4-5,12-15H2,1H3,(H,23,27)/t18-/m1/s1. The van der Waals surface area contributed by atoms with E-state index in [9.17, 15) is 13.2 Å². The fraction of sp³-hybridized carbons (Fsp3) is 0.364. The van der Waals surface area contributed by atoms with E-state index < -0.39 is 10.0 Å². The fourth-order valence-corrected chi connectivity index (χ4v) is 4.80. The number of aromatic nitrogens is 2. The molecule has 1 aromatic heterocycles. The first-order valence-electron chi connectivity index (χ1n) is 10.4. The Morgan fingerprint density at radius 1 is 1.19 bits per heavy atom. The second-order valence-electron chi connectivity index (χ2n) is 7.57. The van der Waals surface area contributed by atoms with Crippen molar-refractivity contribution in [2.24, 2.45) is 0 Å². The van der Waals surface area contributed by atoms with E-state index in [1.165, 1.54) is 24.3 Å². The van der Waals surface area contributed by atoms with Crippen LogP contribution >= 0.6 is 0 Å². The van der Waals surface area contributed by atoms with Crippen molar-refractivity contribution in [2.45, 2.75) is 37.3 Å². The number of hydrogen-bond acceptors (Lipinski definition) is 5. The van der Waals surface area contributed by atoms with Crippen LogP contribution in [0.3, 0.4) is 0 Å². The molecule has 0 aliphatic carbocycles. The maximum atomic E-state index is 12.5. The summed E-state index contributed by atoms with van der Waals surface area (Å²) in [6.45, 7) is 3.90. The number of amides is 1. The van der Waals surface area contributed by atoms with E-state index in [0.717, 1.165) is 29.7 Å². The number of fused-ring (bicyclic) bond motifs is 1. The van der Waals surface area contributed by atoms with Gasteiger partial charge in [0.2, 0.25) is 10.0 Å². The van der Waals surface area contributed by atoms with Gasteiger partial charge in [-0.15, -0.1) is 0 Å². The lowest BCUT2D eigenvalue weighted by Gasteiger charge is -2.12. The molecule has 0 unspecified atom stereocenters. The zero-order valence-corrected chi connectivity index (χ0v) is 18.2. The van der Waals surface area contributed by atoms with Gasteiger partial charge in [0.15, 0.2) is 0 Å². The second-order valence-corrected chi connectivity index (χ2v) is 9.33. The first-order chi connectivity index (χ1) is 14.9. The summed E-state index contributed by atoms with van der Waals surface area (Å²) in [5.74, 6) is 0.638. The number of rotatable bonds is 8. The third-order valence-electron chi connectivity index (χ3n) is 5.42. The van der Waals surface area contributed by atoms with E-state index in [-0.39, 0.29) is 23.5 Å². The van der Waals surface area contributed by atoms with Gasteiger partial charge in [-0.25, -0.2) is 18.1 Å². The number of nitrogens with one attached hydrogen (secondary N) is 2. The van der Waals surface area contributed by atoms with Gasteiger partial charge in [0.1, 0.15) is 5.82 Å². The lowest BCUT2D eigenvalue weighted by Crippen LogP contribution is -2.32. The Kier molecular flexibility index (Phi) is 6.35. The summed E-state index contributed by atoms with van der Waals surface area (Å²) in [4.78, 5) is 17.1. The van der Waals surface area contributed by atoms with Crippen molar-refractivity contribution in [2.75, 3.05) is 19.7 Å². The molecule has 164 valence electrons. The summed E-state index contributed by atoms with van der Waals surface area (Å²) >= 11 is 0. The zero-order chi connectivity index (χ0) is 21.8. The van der Waals surface area contributed by atoms with Crippen molar-refractivity contribution in [1.29, 1.82) is 0 Å². The van der Waals surface area contributed by atoms with Gasteiger partial charge < -0.3 is 14.6 Å². The van der Waals surface area contributed by atoms with Gasteiger partial charge in [0.25, 0.3) is 5.91 Å². The fourth-order valence-electron chi connectivity index (χ4n) is 3.74. The van der Waals surface area contributed by atoms with Gasteiger partial charge in [-0.05, 0) is 56.2 Å². The van der Waals surface area contributed by atoms with Crippen molar-refractivity contribution in [3.05, 3.63) is 59.9 Å². The molecule has 3 aromatic rings. The second kappa shape index (κ2) is 9.17. The Labute approximate surface area is 181 Å². The van der Waals surface area contributed by atoms with E-state index >= 15 is 0 Å². The highest BCUT2D eigenvalue weighted by Gasteiger charge is 2.20. The number of nitrogens with zero attached hydrogens (tertiary/aromatic N) is 2. The number of carbonyl (C=O) groups is 1. The van der Waals surface area contributed by atoms with Gasteiger partial charge >= 0.3 is 0 Å². The van der Waals surface area contributed by atoms with Gasteiger partial charge in [0.05, 0.1) is 22.0 Å². The molecule has 2 aromatic carbocycles. The number of ether oxygens (including phenoxy) is 1. The topological polar surface area (TPSA) is 102 Å². The summed E-state index contributed by atoms with van der Waals surface area (Å²) < 4.78 is 35.0. The molecule has 1 aliphatic heterocycles. The van der Waals surface area contributed by atoms with E-state index in [1.807, 2.05) is 31.2 Å². The molecular formula is C22H26N4O4S. The minimum atomic E-state index is -3.63. The number of hydrogen-bond donors (Lipinski definition) is 2. The molecular weight excluding hydrogens is 416 g/mol. The Bertz CT molecular complexity index is 1170. The maximum absolute atomic E-state index is 12.5. The summed E-state index contributed by atoms with van der Waals surface area (Å²) in [5.41, 5.74) is 2.36. The molecule has 0 spiro atoms. The highest BCUT2D eigenvalue weighted by Crippen LogP contribution is 2.16. The quantitative estimate of drug-likeness (QED) is 0.557. The Balaban J connectivity index is 1.33. The number of imidazole rings is 1. The number of carbonyl (C=O) groups excluding carboxylic acids is 1. The zero-order valence-electron chi connectivity index (χ0n) is 17.4. The molecule has 1 saturated heterocycles. The van der Waals surface area contributed by atoms with Crippen LogP contribution in [0.15, 0.2) is 53.4 Å². The van der Waals surface area contributed by atoms with Crippen molar-refractivity contribution < 1.29 is 17.9 Å². The monoisotopic (exact) mass is 442 g/mol. The van der Waals surface area contributed by atoms with Gasteiger partial charge in [-0.3, -0.25) is 4.79 Å². The lowest BCUT2D eigenvalue weighted by molar-refractivity contribution is 0.0952. The molecule has 31 heavy (non-hydrogen) atoms. The maximum Gasteiger partial charge on any atom is 0.251 e. The molecule has 0 saturated carbocycles. The van der Waals surface area contributed by atoms with Crippen LogP contribution in [0.5, 0.6) is 0 Å². The van der Waals surface area contributed by atoms with Crippen LogP contribution < -0.4 is 10.0 Å². The van der Waals surface area contributed by atoms with E-state index in [2.05, 4.69) is 19.6 Å². The van der Waals surface area contributed by atoms with Crippen LogP contribution in [-0.2, 0) is 21.3 Å². The minimum absolute atomic E-state index is 0.0731. The first kappa shape index (κ1) is 21.5. The molecule has 1 aliphatic rings. The molecule has 2 heterocycles. The van der Waals surface area contributed by atoms with Crippen LogP contribution in [0.25, 0.3) is 11.0 Å². The van der Waals surface area contributed by atoms with Crippen molar-refractivity contribution in [3.63, 3.8) is 0 Å². The average molecular weight is 443 g/mol. The van der Waals surface area contributed by atoms with E-state index in [1.54, 1.807) is 0 Å². The smallest absolute Gasteiger partial charge is 0.251 e. The van der Waals surface area contributed by atoms with Crippen LogP contribution in [0, 0.1) is 6.92 Å². The normalized spacial score (nSPS) is 16.6. The predicted octanol–water partition coefficient (Wildman–Crippen LogP) is 2.23. The third kappa shape index (κ3) is 4.95. The van der Waals surface area contributed by atoms with Crippen molar-refractivity contribution in [3.8, 4) is 0 Å².